The van der Waals surface area contributed by atoms with Gasteiger partial charge in [-0.3, -0.25) is 0 Å². The summed E-state index contributed by atoms with van der Waals surface area (Å²) >= 11 is 1.56. The Morgan fingerprint density at radius 1 is 1.36 bits per heavy atom. The fourth-order valence-corrected chi connectivity index (χ4v) is 1.35. The van der Waals surface area contributed by atoms with Crippen LogP contribution in [0.3, 0.4) is 0 Å². The molecule has 0 spiro atoms. The lowest BCUT2D eigenvalue weighted by atomic mass is 10.2. The summed E-state index contributed by atoms with van der Waals surface area (Å²) < 4.78 is 0. The highest BCUT2D eigenvalue weighted by molar-refractivity contribution is 7.99. The zero-order valence-corrected chi connectivity index (χ0v) is 7.23. The Balaban J connectivity index is 2.58. The van der Waals surface area contributed by atoms with Gasteiger partial charge in [-0.2, -0.15) is 0 Å². The molecule has 2 heteroatoms. The molecular formula is C9H10OS. The van der Waals surface area contributed by atoms with E-state index in [0.29, 0.717) is 5.75 Å². The van der Waals surface area contributed by atoms with Crippen LogP contribution in [-0.4, -0.2) is 12.0 Å². The van der Waals surface area contributed by atoms with Crippen molar-refractivity contribution in [3.8, 4) is 0 Å². The van der Waals surface area contributed by atoms with Gasteiger partial charge in [-0.15, -0.1) is 11.8 Å². The molecule has 0 aromatic heterocycles. The average Bonchev–Trinajstić information content (AvgIpc) is 2.04. The van der Waals surface area contributed by atoms with Crippen LogP contribution in [0.2, 0.25) is 0 Å². The lowest BCUT2D eigenvalue weighted by Gasteiger charge is -1.96. The predicted molar refractivity (Wildman–Crippen MR) is 48.0 cm³/mol. The molecule has 0 radical (unpaired) electrons. The van der Waals surface area contributed by atoms with Crippen molar-refractivity contribution in [1.29, 1.82) is 0 Å². The maximum absolute atomic E-state index is 10.0. The standard InChI is InChI=1S/C9H10OS/c1-8-2-4-9(5-3-8)11-7-6-10/h2-6H,7H2,1H3. The highest BCUT2D eigenvalue weighted by atomic mass is 32.2. The van der Waals surface area contributed by atoms with Crippen LogP contribution in [0.15, 0.2) is 29.2 Å². The van der Waals surface area contributed by atoms with Crippen molar-refractivity contribution in [1.82, 2.24) is 0 Å². The summed E-state index contributed by atoms with van der Waals surface area (Å²) in [6.45, 7) is 2.05. The first kappa shape index (κ1) is 8.34. The third-order valence-corrected chi connectivity index (χ3v) is 2.25. The van der Waals surface area contributed by atoms with Crippen molar-refractivity contribution in [2.45, 2.75) is 11.8 Å². The molecule has 1 rings (SSSR count). The summed E-state index contributed by atoms with van der Waals surface area (Å²) in [5, 5.41) is 0. The van der Waals surface area contributed by atoms with Crippen LogP contribution in [0, 0.1) is 6.92 Å². The van der Waals surface area contributed by atoms with Crippen LogP contribution in [0.5, 0.6) is 0 Å². The molecule has 11 heavy (non-hydrogen) atoms. The molecule has 0 unspecified atom stereocenters. The number of hydrogen-bond donors (Lipinski definition) is 0. The first-order chi connectivity index (χ1) is 5.33. The molecule has 0 amide bonds. The van der Waals surface area contributed by atoms with Gasteiger partial charge >= 0.3 is 0 Å². The molecule has 0 heterocycles. The van der Waals surface area contributed by atoms with E-state index in [-0.39, 0.29) is 0 Å². The minimum Gasteiger partial charge on any atom is -0.302 e. The maximum atomic E-state index is 10.0. The second-order valence-corrected chi connectivity index (χ2v) is 3.38. The number of thioether (sulfide) groups is 1. The minimum atomic E-state index is 0.545. The zero-order chi connectivity index (χ0) is 8.10. The Hall–Kier alpha value is -0.760. The number of hydrogen-bond acceptors (Lipinski definition) is 2. The number of carbonyl (C=O) groups is 1. The van der Waals surface area contributed by atoms with Crippen LogP contribution >= 0.6 is 11.8 Å². The summed E-state index contributed by atoms with van der Waals surface area (Å²) in [6.07, 6.45) is 0.921. The largest absolute Gasteiger partial charge is 0.302 e. The number of aryl methyl sites for hydroxylation is 1. The molecule has 0 aliphatic carbocycles. The van der Waals surface area contributed by atoms with Gasteiger partial charge in [0.05, 0.1) is 5.75 Å². The summed E-state index contributed by atoms with van der Waals surface area (Å²) in [5.74, 6) is 0.545. The van der Waals surface area contributed by atoms with Gasteiger partial charge in [0, 0.05) is 4.90 Å². The lowest BCUT2D eigenvalue weighted by molar-refractivity contribution is -0.105. The normalized spacial score (nSPS) is 9.55. The topological polar surface area (TPSA) is 17.1 Å². The highest BCUT2D eigenvalue weighted by Gasteiger charge is 1.90. The fourth-order valence-electron chi connectivity index (χ4n) is 0.765. The van der Waals surface area contributed by atoms with Crippen LogP contribution in [0.4, 0.5) is 0 Å². The van der Waals surface area contributed by atoms with E-state index in [4.69, 9.17) is 0 Å². The zero-order valence-electron chi connectivity index (χ0n) is 6.41. The van der Waals surface area contributed by atoms with Crippen LogP contribution in [0.25, 0.3) is 0 Å². The highest BCUT2D eigenvalue weighted by Crippen LogP contribution is 2.16. The van der Waals surface area contributed by atoms with E-state index in [9.17, 15) is 4.79 Å². The van der Waals surface area contributed by atoms with E-state index < -0.39 is 0 Å². The Kier molecular flexibility index (Phi) is 3.17. The SMILES string of the molecule is Cc1ccc(SCC=O)cc1. The van der Waals surface area contributed by atoms with Gasteiger partial charge in [-0.05, 0) is 19.1 Å². The van der Waals surface area contributed by atoms with Gasteiger partial charge in [-0.1, -0.05) is 17.7 Å². The third-order valence-electron chi connectivity index (χ3n) is 1.34. The Bertz CT molecular complexity index is 228. The summed E-state index contributed by atoms with van der Waals surface area (Å²) in [4.78, 5) is 11.2. The molecule has 0 bridgehead atoms. The monoisotopic (exact) mass is 166 g/mol. The molecule has 0 atom stereocenters. The smallest absolute Gasteiger partial charge is 0.130 e. The van der Waals surface area contributed by atoms with Gasteiger partial charge in [-0.25, -0.2) is 0 Å². The van der Waals surface area contributed by atoms with E-state index in [1.165, 1.54) is 5.56 Å². The lowest BCUT2D eigenvalue weighted by Crippen LogP contribution is -1.78. The molecule has 0 fully saturated rings. The number of benzene rings is 1. The van der Waals surface area contributed by atoms with E-state index in [2.05, 4.69) is 0 Å². The van der Waals surface area contributed by atoms with Crippen molar-refractivity contribution in [3.63, 3.8) is 0 Å². The van der Waals surface area contributed by atoms with Gasteiger partial charge in [0.2, 0.25) is 0 Å². The van der Waals surface area contributed by atoms with E-state index in [1.807, 2.05) is 31.2 Å². The minimum absolute atomic E-state index is 0.545. The Morgan fingerprint density at radius 2 is 2.00 bits per heavy atom. The van der Waals surface area contributed by atoms with Crippen molar-refractivity contribution in [3.05, 3.63) is 29.8 Å². The molecule has 0 aliphatic rings. The Morgan fingerprint density at radius 3 is 2.55 bits per heavy atom. The first-order valence-corrected chi connectivity index (χ1v) is 4.44. The summed E-state index contributed by atoms with van der Waals surface area (Å²) in [6, 6.07) is 8.16. The van der Waals surface area contributed by atoms with Gasteiger partial charge in [0.15, 0.2) is 0 Å². The number of rotatable bonds is 3. The number of aldehydes is 1. The third kappa shape index (κ3) is 2.76. The van der Waals surface area contributed by atoms with E-state index >= 15 is 0 Å². The predicted octanol–water partition coefficient (Wildman–Crippen LogP) is 2.29. The number of carbonyl (C=O) groups excluding carboxylic acids is 1. The van der Waals surface area contributed by atoms with Gasteiger partial charge in [0.1, 0.15) is 6.29 Å². The van der Waals surface area contributed by atoms with E-state index in [1.54, 1.807) is 11.8 Å². The molecular weight excluding hydrogens is 156 g/mol. The van der Waals surface area contributed by atoms with Crippen LogP contribution in [0.1, 0.15) is 5.56 Å². The molecule has 58 valence electrons. The maximum Gasteiger partial charge on any atom is 0.130 e. The molecule has 0 saturated carbocycles. The van der Waals surface area contributed by atoms with Crippen LogP contribution < -0.4 is 0 Å². The van der Waals surface area contributed by atoms with Crippen molar-refractivity contribution >= 4 is 18.0 Å². The summed E-state index contributed by atoms with van der Waals surface area (Å²) in [7, 11) is 0. The average molecular weight is 166 g/mol. The van der Waals surface area contributed by atoms with Crippen molar-refractivity contribution in [2.24, 2.45) is 0 Å². The van der Waals surface area contributed by atoms with Gasteiger partial charge in [0.25, 0.3) is 0 Å². The quantitative estimate of drug-likeness (QED) is 0.506. The second kappa shape index (κ2) is 4.19. The van der Waals surface area contributed by atoms with E-state index in [0.717, 1.165) is 11.2 Å². The summed E-state index contributed by atoms with van der Waals surface area (Å²) in [5.41, 5.74) is 1.25. The van der Waals surface area contributed by atoms with Crippen molar-refractivity contribution in [2.75, 3.05) is 5.75 Å². The molecule has 0 N–H and O–H groups in total. The Labute approximate surface area is 70.8 Å². The first-order valence-electron chi connectivity index (χ1n) is 3.46. The fraction of sp³-hybridized carbons (Fsp3) is 0.222. The van der Waals surface area contributed by atoms with Crippen LogP contribution in [-0.2, 0) is 4.79 Å². The molecule has 1 aromatic carbocycles. The molecule has 1 aromatic rings. The molecule has 1 nitrogen and oxygen atoms in total. The second-order valence-electron chi connectivity index (χ2n) is 2.29. The molecule has 0 saturated heterocycles. The van der Waals surface area contributed by atoms with Crippen molar-refractivity contribution < 1.29 is 4.79 Å². The molecule has 0 aliphatic heterocycles. The van der Waals surface area contributed by atoms with Gasteiger partial charge < -0.3 is 4.79 Å².